The van der Waals surface area contributed by atoms with Crippen LogP contribution in [0.25, 0.3) is 0 Å². The van der Waals surface area contributed by atoms with E-state index in [9.17, 15) is 9.65 Å². The number of nitrogens with zero attached hydrogens (tertiary/aromatic N) is 1. The summed E-state index contributed by atoms with van der Waals surface area (Å²) in [5.41, 5.74) is 0.460. The lowest BCUT2D eigenvalue weighted by atomic mass is 10.1. The van der Waals surface area contributed by atoms with Crippen LogP contribution in [-0.4, -0.2) is 14.9 Å². The van der Waals surface area contributed by atoms with Crippen molar-refractivity contribution in [1.82, 2.24) is 0 Å². The highest BCUT2D eigenvalue weighted by molar-refractivity contribution is 6.69. The topological polar surface area (TPSA) is 42.2 Å². The first-order valence-electron chi connectivity index (χ1n) is 5.87. The van der Waals surface area contributed by atoms with Gasteiger partial charge in [-0.1, -0.05) is 0 Å². The Morgan fingerprint density at radius 2 is 2.06 bits per heavy atom. The molecule has 3 nitrogen and oxygen atoms in total. The van der Waals surface area contributed by atoms with Crippen molar-refractivity contribution >= 4 is 8.32 Å². The molecule has 0 aliphatic carbocycles. The van der Waals surface area contributed by atoms with Crippen molar-refractivity contribution < 1.29 is 13.6 Å². The molecule has 0 aliphatic heterocycles. The van der Waals surface area contributed by atoms with Gasteiger partial charge in [0.1, 0.15) is 11.6 Å². The molecule has 0 amide bonds. The van der Waals surface area contributed by atoms with Gasteiger partial charge in [0.15, 0.2) is 14.4 Å². The number of nitriles is 1. The van der Waals surface area contributed by atoms with E-state index >= 15 is 0 Å². The Hall–Kier alpha value is -1.38. The first kappa shape index (κ1) is 14.7. The van der Waals surface area contributed by atoms with Gasteiger partial charge in [0, 0.05) is 5.56 Å². The van der Waals surface area contributed by atoms with Gasteiger partial charge in [-0.3, -0.25) is 0 Å². The molecule has 0 fully saturated rings. The zero-order valence-electron chi connectivity index (χ0n) is 11.2. The molecule has 0 aliphatic rings. The van der Waals surface area contributed by atoms with Gasteiger partial charge in [-0.2, -0.15) is 5.26 Å². The molecule has 0 saturated carbocycles. The summed E-state index contributed by atoms with van der Waals surface area (Å²) in [6.07, 6.45) is -0.783. The molecule has 1 atom stereocenters. The highest BCUT2D eigenvalue weighted by atomic mass is 28.4. The summed E-state index contributed by atoms with van der Waals surface area (Å²) < 4.78 is 24.5. The van der Waals surface area contributed by atoms with Crippen LogP contribution in [0.4, 0.5) is 4.39 Å². The fraction of sp³-hybridized carbons (Fsp3) is 0.462. The van der Waals surface area contributed by atoms with Crippen LogP contribution in [0.2, 0.25) is 19.6 Å². The van der Waals surface area contributed by atoms with E-state index in [1.165, 1.54) is 18.2 Å². The molecule has 1 aromatic carbocycles. The number of hydrogen-bond donors (Lipinski definition) is 0. The molecule has 0 heterocycles. The number of ether oxygens (including phenoxy) is 1. The maximum Gasteiger partial charge on any atom is 0.186 e. The monoisotopic (exact) mass is 267 g/mol. The molecule has 0 saturated heterocycles. The second-order valence-electron chi connectivity index (χ2n) is 4.85. The van der Waals surface area contributed by atoms with Crippen molar-refractivity contribution in [3.05, 3.63) is 29.6 Å². The van der Waals surface area contributed by atoms with E-state index in [1.54, 1.807) is 0 Å². The predicted octanol–water partition coefficient (Wildman–Crippen LogP) is 3.64. The summed E-state index contributed by atoms with van der Waals surface area (Å²) in [6.45, 7) is 8.25. The van der Waals surface area contributed by atoms with Gasteiger partial charge in [-0.15, -0.1) is 0 Å². The Balaban J connectivity index is 3.11. The Bertz CT molecular complexity index is 451. The van der Waals surface area contributed by atoms with Gasteiger partial charge in [0.2, 0.25) is 0 Å². The molecule has 0 aromatic heterocycles. The zero-order valence-corrected chi connectivity index (χ0v) is 12.2. The second-order valence-corrected chi connectivity index (χ2v) is 9.31. The summed E-state index contributed by atoms with van der Waals surface area (Å²) in [5.74, 6) is 0.108. The molecule has 98 valence electrons. The van der Waals surface area contributed by atoms with Crippen molar-refractivity contribution in [3.63, 3.8) is 0 Å². The van der Waals surface area contributed by atoms with Gasteiger partial charge in [-0.05, 0) is 44.8 Å². The largest absolute Gasteiger partial charge is 0.493 e. The van der Waals surface area contributed by atoms with Gasteiger partial charge in [0.05, 0.1) is 12.7 Å². The van der Waals surface area contributed by atoms with Crippen LogP contribution in [0, 0.1) is 17.1 Å². The molecule has 0 N–H and O–H groups in total. The van der Waals surface area contributed by atoms with E-state index in [4.69, 9.17) is 9.16 Å². The van der Waals surface area contributed by atoms with Crippen molar-refractivity contribution in [2.45, 2.75) is 32.7 Å². The fourth-order valence-corrected chi connectivity index (χ4v) is 2.41. The third kappa shape index (κ3) is 4.13. The normalized spacial score (nSPS) is 12.9. The van der Waals surface area contributed by atoms with Crippen LogP contribution in [0.15, 0.2) is 18.2 Å². The van der Waals surface area contributed by atoms with Crippen molar-refractivity contribution in [1.29, 1.82) is 5.26 Å². The van der Waals surface area contributed by atoms with Gasteiger partial charge >= 0.3 is 0 Å². The second kappa shape index (κ2) is 5.98. The molecule has 0 bridgehead atoms. The predicted molar refractivity (Wildman–Crippen MR) is 70.4 cm³/mol. The number of rotatable bonds is 5. The first-order valence-corrected chi connectivity index (χ1v) is 9.28. The average Bonchev–Trinajstić information content (AvgIpc) is 2.27. The molecule has 18 heavy (non-hydrogen) atoms. The van der Waals surface area contributed by atoms with Crippen LogP contribution in [0.1, 0.15) is 18.6 Å². The smallest absolute Gasteiger partial charge is 0.186 e. The number of hydrogen-bond acceptors (Lipinski definition) is 3. The molecular weight excluding hydrogens is 249 g/mol. The summed E-state index contributed by atoms with van der Waals surface area (Å²) in [5, 5.41) is 9.20. The van der Waals surface area contributed by atoms with Crippen LogP contribution in [0.3, 0.4) is 0 Å². The summed E-state index contributed by atoms with van der Waals surface area (Å²) in [4.78, 5) is 0. The molecule has 0 unspecified atom stereocenters. The minimum absolute atomic E-state index is 0.395. The zero-order chi connectivity index (χ0) is 13.8. The van der Waals surface area contributed by atoms with Crippen LogP contribution in [0.5, 0.6) is 5.75 Å². The lowest BCUT2D eigenvalue weighted by Gasteiger charge is -2.23. The third-order valence-electron chi connectivity index (χ3n) is 2.14. The van der Waals surface area contributed by atoms with E-state index in [0.717, 1.165) is 0 Å². The third-order valence-corrected chi connectivity index (χ3v) is 3.09. The fourth-order valence-electron chi connectivity index (χ4n) is 1.52. The van der Waals surface area contributed by atoms with Crippen molar-refractivity contribution in [3.8, 4) is 11.8 Å². The molecule has 0 spiro atoms. The lowest BCUT2D eigenvalue weighted by Crippen LogP contribution is -2.27. The van der Waals surface area contributed by atoms with E-state index in [2.05, 4.69) is 6.07 Å². The van der Waals surface area contributed by atoms with Gasteiger partial charge < -0.3 is 9.16 Å². The van der Waals surface area contributed by atoms with Crippen molar-refractivity contribution in [2.24, 2.45) is 0 Å². The lowest BCUT2D eigenvalue weighted by molar-refractivity contribution is 0.243. The molecule has 1 aromatic rings. The highest BCUT2D eigenvalue weighted by Crippen LogP contribution is 2.30. The quantitative estimate of drug-likeness (QED) is 0.765. The Morgan fingerprint density at radius 1 is 1.39 bits per heavy atom. The van der Waals surface area contributed by atoms with Gasteiger partial charge in [0.25, 0.3) is 0 Å². The van der Waals surface area contributed by atoms with Crippen LogP contribution < -0.4 is 4.74 Å². The van der Waals surface area contributed by atoms with E-state index in [0.29, 0.717) is 17.9 Å². The number of halogens is 1. The summed E-state index contributed by atoms with van der Waals surface area (Å²) in [6, 6.07) is 6.22. The summed E-state index contributed by atoms with van der Waals surface area (Å²) in [7, 11) is -1.89. The summed E-state index contributed by atoms with van der Waals surface area (Å²) >= 11 is 0. The average molecular weight is 267 g/mol. The Labute approximate surface area is 108 Å². The standard InChI is InChI=1S/C13H18FNO2Si/c1-5-16-12-7-6-10(14)8-11(12)13(9-15)17-18(2,3)4/h6-8,13H,5H2,1-4H3/t13-/m1/s1. The Morgan fingerprint density at radius 3 is 2.56 bits per heavy atom. The maximum atomic E-state index is 13.3. The minimum Gasteiger partial charge on any atom is -0.493 e. The molecule has 1 rings (SSSR count). The van der Waals surface area contributed by atoms with Crippen molar-refractivity contribution in [2.75, 3.05) is 6.61 Å². The Kier molecular flexibility index (Phi) is 4.88. The van der Waals surface area contributed by atoms with Crippen LogP contribution in [-0.2, 0) is 4.43 Å². The SMILES string of the molecule is CCOc1ccc(F)cc1[C@@H](C#N)O[Si](C)(C)C. The first-order chi connectivity index (χ1) is 8.37. The minimum atomic E-state index is -1.89. The molecular formula is C13H18FNO2Si. The maximum absolute atomic E-state index is 13.3. The highest BCUT2D eigenvalue weighted by Gasteiger charge is 2.25. The number of benzene rings is 1. The van der Waals surface area contributed by atoms with E-state index < -0.39 is 20.2 Å². The molecule has 5 heteroatoms. The van der Waals surface area contributed by atoms with E-state index in [-0.39, 0.29) is 0 Å². The van der Waals surface area contributed by atoms with Gasteiger partial charge in [-0.25, -0.2) is 4.39 Å². The van der Waals surface area contributed by atoms with E-state index in [1.807, 2.05) is 26.6 Å². The van der Waals surface area contributed by atoms with Crippen LogP contribution >= 0.6 is 0 Å². The molecule has 0 radical (unpaired) electrons.